The van der Waals surface area contributed by atoms with Gasteiger partial charge in [-0.15, -0.1) is 0 Å². The first-order valence-electron chi connectivity index (χ1n) is 5.41. The molecule has 0 bridgehead atoms. The molecular formula is C10H17N3O2S. The Bertz CT molecular complexity index is 306. The molecule has 6 heteroatoms. The molecule has 4 N–H and O–H groups in total. The third kappa shape index (κ3) is 3.44. The van der Waals surface area contributed by atoms with Crippen molar-refractivity contribution in [2.45, 2.75) is 32.2 Å². The van der Waals surface area contributed by atoms with Crippen LogP contribution in [0.3, 0.4) is 0 Å². The second-order valence-corrected chi connectivity index (χ2v) is 4.43. The van der Waals surface area contributed by atoms with E-state index in [2.05, 4.69) is 10.6 Å². The van der Waals surface area contributed by atoms with Crippen LogP contribution in [0.25, 0.3) is 0 Å². The van der Waals surface area contributed by atoms with Gasteiger partial charge < -0.3 is 16.4 Å². The van der Waals surface area contributed by atoms with Crippen molar-refractivity contribution in [2.75, 3.05) is 6.54 Å². The number of hydrogen-bond acceptors (Lipinski definition) is 3. The number of carbonyl (C=O) groups excluding carboxylic acids is 2. The normalized spacial score (nSPS) is 21.3. The molecule has 0 aromatic carbocycles. The van der Waals surface area contributed by atoms with Crippen molar-refractivity contribution < 1.29 is 9.59 Å². The van der Waals surface area contributed by atoms with Crippen LogP contribution in [0.1, 0.15) is 26.2 Å². The smallest absolute Gasteiger partial charge is 0.230 e. The van der Waals surface area contributed by atoms with Crippen LogP contribution in [0.4, 0.5) is 0 Å². The standard InChI is InChI=1S/C10H17N3O2S/c1-2-3-7(9(11)16)10(15)13-6-4-8(14)12-5-6/h6-7H,2-5H2,1H3,(H2,11,16)(H,12,14)(H,13,15). The Kier molecular flexibility index (Phi) is 4.67. The number of nitrogens with two attached hydrogens (primary N) is 1. The van der Waals surface area contributed by atoms with E-state index in [0.29, 0.717) is 19.4 Å². The predicted molar refractivity (Wildman–Crippen MR) is 64.7 cm³/mol. The molecule has 0 aromatic rings. The van der Waals surface area contributed by atoms with Crippen LogP contribution < -0.4 is 16.4 Å². The van der Waals surface area contributed by atoms with E-state index in [4.69, 9.17) is 18.0 Å². The van der Waals surface area contributed by atoms with E-state index in [-0.39, 0.29) is 22.8 Å². The van der Waals surface area contributed by atoms with Gasteiger partial charge in [-0.3, -0.25) is 9.59 Å². The molecule has 1 fully saturated rings. The Morgan fingerprint density at radius 2 is 2.44 bits per heavy atom. The number of nitrogens with one attached hydrogen (secondary N) is 2. The fraction of sp³-hybridized carbons (Fsp3) is 0.700. The van der Waals surface area contributed by atoms with E-state index in [9.17, 15) is 9.59 Å². The number of rotatable bonds is 5. The lowest BCUT2D eigenvalue weighted by Crippen LogP contribution is -2.43. The topological polar surface area (TPSA) is 84.2 Å². The van der Waals surface area contributed by atoms with Gasteiger partial charge in [0.25, 0.3) is 0 Å². The Balaban J connectivity index is 2.48. The second-order valence-electron chi connectivity index (χ2n) is 3.96. The summed E-state index contributed by atoms with van der Waals surface area (Å²) in [5.74, 6) is -0.626. The van der Waals surface area contributed by atoms with Crippen molar-refractivity contribution in [3.05, 3.63) is 0 Å². The van der Waals surface area contributed by atoms with Gasteiger partial charge in [-0.05, 0) is 6.42 Å². The lowest BCUT2D eigenvalue weighted by Gasteiger charge is -2.17. The van der Waals surface area contributed by atoms with Gasteiger partial charge in [-0.1, -0.05) is 25.6 Å². The molecular weight excluding hydrogens is 226 g/mol. The molecule has 1 saturated heterocycles. The average molecular weight is 243 g/mol. The summed E-state index contributed by atoms with van der Waals surface area (Å²) in [6.07, 6.45) is 1.83. The van der Waals surface area contributed by atoms with Gasteiger partial charge in [0.15, 0.2) is 0 Å². The maximum Gasteiger partial charge on any atom is 0.230 e. The number of amides is 2. The van der Waals surface area contributed by atoms with E-state index in [1.54, 1.807) is 0 Å². The van der Waals surface area contributed by atoms with Crippen LogP contribution in [0.2, 0.25) is 0 Å². The number of hydrogen-bond donors (Lipinski definition) is 3. The number of carbonyl (C=O) groups is 2. The van der Waals surface area contributed by atoms with Gasteiger partial charge in [0.1, 0.15) is 0 Å². The zero-order chi connectivity index (χ0) is 12.1. The Morgan fingerprint density at radius 3 is 2.88 bits per heavy atom. The van der Waals surface area contributed by atoms with Crippen LogP contribution in [0.5, 0.6) is 0 Å². The van der Waals surface area contributed by atoms with Gasteiger partial charge in [0.05, 0.1) is 16.9 Å². The molecule has 0 aliphatic carbocycles. The second kappa shape index (κ2) is 5.79. The monoisotopic (exact) mass is 243 g/mol. The van der Waals surface area contributed by atoms with E-state index in [1.165, 1.54) is 0 Å². The quantitative estimate of drug-likeness (QED) is 0.579. The highest BCUT2D eigenvalue weighted by Gasteiger charge is 2.27. The molecule has 2 unspecified atom stereocenters. The summed E-state index contributed by atoms with van der Waals surface area (Å²) in [6.45, 7) is 2.46. The highest BCUT2D eigenvalue weighted by Crippen LogP contribution is 2.09. The molecule has 1 aliphatic heterocycles. The average Bonchev–Trinajstić information content (AvgIpc) is 2.59. The predicted octanol–water partition coefficient (Wildman–Crippen LogP) is -0.306. The molecule has 1 aliphatic rings. The summed E-state index contributed by atoms with van der Waals surface area (Å²) >= 11 is 4.86. The van der Waals surface area contributed by atoms with Crippen LogP contribution in [-0.4, -0.2) is 29.4 Å². The molecule has 0 aromatic heterocycles. The van der Waals surface area contributed by atoms with E-state index in [1.807, 2.05) is 6.92 Å². The Hall–Kier alpha value is -1.17. The molecule has 90 valence electrons. The summed E-state index contributed by atoms with van der Waals surface area (Å²) in [5.41, 5.74) is 5.51. The molecule has 0 saturated carbocycles. The van der Waals surface area contributed by atoms with Crippen molar-refractivity contribution in [2.24, 2.45) is 11.7 Å². The van der Waals surface area contributed by atoms with Crippen LogP contribution in [0, 0.1) is 5.92 Å². The van der Waals surface area contributed by atoms with Gasteiger partial charge in [-0.25, -0.2) is 0 Å². The Morgan fingerprint density at radius 1 is 1.75 bits per heavy atom. The van der Waals surface area contributed by atoms with Crippen molar-refractivity contribution >= 4 is 29.0 Å². The van der Waals surface area contributed by atoms with Gasteiger partial charge in [0.2, 0.25) is 11.8 Å². The maximum atomic E-state index is 11.8. The third-order valence-corrected chi connectivity index (χ3v) is 2.85. The van der Waals surface area contributed by atoms with E-state index >= 15 is 0 Å². The highest BCUT2D eigenvalue weighted by atomic mass is 32.1. The molecule has 5 nitrogen and oxygen atoms in total. The van der Waals surface area contributed by atoms with E-state index in [0.717, 1.165) is 6.42 Å². The van der Waals surface area contributed by atoms with Crippen molar-refractivity contribution in [3.63, 3.8) is 0 Å². The summed E-state index contributed by atoms with van der Waals surface area (Å²) < 4.78 is 0. The summed E-state index contributed by atoms with van der Waals surface area (Å²) in [7, 11) is 0. The van der Waals surface area contributed by atoms with Crippen molar-refractivity contribution in [3.8, 4) is 0 Å². The molecule has 0 radical (unpaired) electrons. The third-order valence-electron chi connectivity index (χ3n) is 2.56. The van der Waals surface area contributed by atoms with Crippen LogP contribution in [-0.2, 0) is 9.59 Å². The fourth-order valence-corrected chi connectivity index (χ4v) is 1.93. The van der Waals surface area contributed by atoms with Crippen LogP contribution >= 0.6 is 12.2 Å². The van der Waals surface area contributed by atoms with Crippen LogP contribution in [0.15, 0.2) is 0 Å². The van der Waals surface area contributed by atoms with Crippen molar-refractivity contribution in [1.29, 1.82) is 0 Å². The molecule has 16 heavy (non-hydrogen) atoms. The molecule has 0 spiro atoms. The zero-order valence-corrected chi connectivity index (χ0v) is 10.1. The molecule has 2 atom stereocenters. The molecule has 1 rings (SSSR count). The minimum atomic E-state index is -0.421. The van der Waals surface area contributed by atoms with E-state index < -0.39 is 5.92 Å². The molecule has 1 heterocycles. The Labute approximate surface area is 100 Å². The van der Waals surface area contributed by atoms with Crippen molar-refractivity contribution in [1.82, 2.24) is 10.6 Å². The minimum Gasteiger partial charge on any atom is -0.393 e. The first-order chi connectivity index (χ1) is 7.54. The maximum absolute atomic E-state index is 11.8. The number of thiocarbonyl (C=S) groups is 1. The zero-order valence-electron chi connectivity index (χ0n) is 9.29. The van der Waals surface area contributed by atoms with Gasteiger partial charge >= 0.3 is 0 Å². The molecule has 2 amide bonds. The highest BCUT2D eigenvalue weighted by molar-refractivity contribution is 7.80. The van der Waals surface area contributed by atoms with Gasteiger partial charge in [0, 0.05) is 13.0 Å². The van der Waals surface area contributed by atoms with Gasteiger partial charge in [-0.2, -0.15) is 0 Å². The minimum absolute atomic E-state index is 0.0346. The SMILES string of the molecule is CCCC(C(=O)NC1CNC(=O)C1)C(N)=S. The lowest BCUT2D eigenvalue weighted by atomic mass is 10.0. The summed E-state index contributed by atoms with van der Waals surface area (Å²) in [6, 6.07) is -0.131. The first kappa shape index (κ1) is 12.9. The summed E-state index contributed by atoms with van der Waals surface area (Å²) in [5, 5.41) is 5.44. The lowest BCUT2D eigenvalue weighted by molar-refractivity contribution is -0.123. The fourth-order valence-electron chi connectivity index (χ4n) is 1.70. The summed E-state index contributed by atoms with van der Waals surface area (Å²) in [4.78, 5) is 23.0. The first-order valence-corrected chi connectivity index (χ1v) is 5.81. The largest absolute Gasteiger partial charge is 0.393 e.